The lowest BCUT2D eigenvalue weighted by Crippen LogP contribution is -2.21. The van der Waals surface area contributed by atoms with Gasteiger partial charge in [0.1, 0.15) is 0 Å². The molecule has 0 aliphatic heterocycles. The number of hydrogen-bond acceptors (Lipinski definition) is 1. The standard InChI is InChI=1S/C16H14BrNO/c17-10-5-11-18-15-9-4-3-7-13(15)12-6-1-2-8-14(12)16(18)19/h1-4,6-9H,5,10-11H2. The first-order valence-electron chi connectivity index (χ1n) is 6.39. The minimum Gasteiger partial charge on any atom is -0.308 e. The van der Waals surface area contributed by atoms with Crippen LogP contribution < -0.4 is 5.56 Å². The molecule has 0 aliphatic rings. The molecule has 3 heteroatoms. The van der Waals surface area contributed by atoms with Gasteiger partial charge in [0.15, 0.2) is 0 Å². The molecule has 0 saturated heterocycles. The van der Waals surface area contributed by atoms with Gasteiger partial charge in [-0.05, 0) is 23.9 Å². The van der Waals surface area contributed by atoms with Crippen molar-refractivity contribution >= 4 is 37.6 Å². The molecule has 96 valence electrons. The minimum absolute atomic E-state index is 0.107. The fraction of sp³-hybridized carbons (Fsp3) is 0.188. The molecule has 19 heavy (non-hydrogen) atoms. The van der Waals surface area contributed by atoms with E-state index < -0.39 is 0 Å². The van der Waals surface area contributed by atoms with E-state index in [1.54, 1.807) is 0 Å². The van der Waals surface area contributed by atoms with Crippen molar-refractivity contribution in [2.24, 2.45) is 0 Å². The van der Waals surface area contributed by atoms with E-state index in [9.17, 15) is 4.79 Å². The monoisotopic (exact) mass is 315 g/mol. The largest absolute Gasteiger partial charge is 0.308 e. The van der Waals surface area contributed by atoms with Crippen LogP contribution in [0.1, 0.15) is 6.42 Å². The molecule has 0 bridgehead atoms. The molecule has 2 aromatic carbocycles. The van der Waals surface area contributed by atoms with Crippen molar-refractivity contribution < 1.29 is 0 Å². The van der Waals surface area contributed by atoms with Gasteiger partial charge in [0.25, 0.3) is 5.56 Å². The zero-order valence-corrected chi connectivity index (χ0v) is 12.1. The summed E-state index contributed by atoms with van der Waals surface area (Å²) in [5.74, 6) is 0. The number of pyridine rings is 1. The summed E-state index contributed by atoms with van der Waals surface area (Å²) in [6.07, 6.45) is 0.947. The van der Waals surface area contributed by atoms with E-state index in [4.69, 9.17) is 0 Å². The van der Waals surface area contributed by atoms with E-state index in [2.05, 4.69) is 22.0 Å². The second-order valence-corrected chi connectivity index (χ2v) is 5.36. The van der Waals surface area contributed by atoms with Crippen LogP contribution in [0.15, 0.2) is 53.3 Å². The van der Waals surface area contributed by atoms with Gasteiger partial charge in [-0.3, -0.25) is 4.79 Å². The van der Waals surface area contributed by atoms with Crippen LogP contribution in [-0.4, -0.2) is 9.90 Å². The highest BCUT2D eigenvalue weighted by Gasteiger charge is 2.09. The van der Waals surface area contributed by atoms with E-state index in [0.717, 1.165) is 40.0 Å². The number of rotatable bonds is 3. The molecular weight excluding hydrogens is 302 g/mol. The lowest BCUT2D eigenvalue weighted by atomic mass is 10.1. The third-order valence-corrected chi connectivity index (χ3v) is 3.96. The molecule has 0 atom stereocenters. The van der Waals surface area contributed by atoms with Crippen molar-refractivity contribution in [3.8, 4) is 0 Å². The van der Waals surface area contributed by atoms with Gasteiger partial charge in [-0.25, -0.2) is 0 Å². The Hall–Kier alpha value is -1.61. The average Bonchev–Trinajstić information content (AvgIpc) is 2.47. The quantitative estimate of drug-likeness (QED) is 0.530. The van der Waals surface area contributed by atoms with E-state index in [-0.39, 0.29) is 5.56 Å². The molecule has 0 spiro atoms. The van der Waals surface area contributed by atoms with E-state index in [0.29, 0.717) is 0 Å². The zero-order chi connectivity index (χ0) is 13.2. The average molecular weight is 316 g/mol. The van der Waals surface area contributed by atoms with Crippen molar-refractivity contribution in [2.45, 2.75) is 13.0 Å². The van der Waals surface area contributed by atoms with Crippen LogP contribution in [-0.2, 0) is 6.54 Å². The van der Waals surface area contributed by atoms with Crippen molar-refractivity contribution in [3.63, 3.8) is 0 Å². The summed E-state index contributed by atoms with van der Waals surface area (Å²) in [6.45, 7) is 0.745. The molecule has 0 N–H and O–H groups in total. The first-order valence-corrected chi connectivity index (χ1v) is 7.51. The highest BCUT2D eigenvalue weighted by atomic mass is 79.9. The van der Waals surface area contributed by atoms with Gasteiger partial charge >= 0.3 is 0 Å². The Morgan fingerprint density at radius 1 is 0.895 bits per heavy atom. The van der Waals surface area contributed by atoms with Crippen LogP contribution in [0.5, 0.6) is 0 Å². The van der Waals surface area contributed by atoms with Crippen molar-refractivity contribution in [1.29, 1.82) is 0 Å². The molecule has 0 radical (unpaired) electrons. The normalized spacial score (nSPS) is 11.2. The number of hydrogen-bond donors (Lipinski definition) is 0. The summed E-state index contributed by atoms with van der Waals surface area (Å²) in [7, 11) is 0. The topological polar surface area (TPSA) is 22.0 Å². The maximum Gasteiger partial charge on any atom is 0.258 e. The summed E-state index contributed by atoms with van der Waals surface area (Å²) in [4.78, 5) is 12.6. The smallest absolute Gasteiger partial charge is 0.258 e. The van der Waals surface area contributed by atoms with Gasteiger partial charge in [-0.1, -0.05) is 52.3 Å². The lowest BCUT2D eigenvalue weighted by molar-refractivity contribution is 0.690. The number of fused-ring (bicyclic) bond motifs is 3. The molecule has 0 aliphatic carbocycles. The summed E-state index contributed by atoms with van der Waals surface area (Å²) in [6, 6.07) is 16.0. The molecular formula is C16H14BrNO. The Labute approximate surface area is 119 Å². The number of aryl methyl sites for hydroxylation is 1. The van der Waals surface area contributed by atoms with E-state index >= 15 is 0 Å². The Kier molecular flexibility index (Phi) is 3.38. The van der Waals surface area contributed by atoms with Crippen LogP contribution in [0, 0.1) is 0 Å². The maximum absolute atomic E-state index is 12.6. The molecule has 1 heterocycles. The molecule has 3 rings (SSSR count). The van der Waals surface area contributed by atoms with E-state index in [1.165, 1.54) is 0 Å². The second kappa shape index (κ2) is 5.17. The molecule has 0 saturated carbocycles. The van der Waals surface area contributed by atoms with Crippen LogP contribution in [0.2, 0.25) is 0 Å². The summed E-state index contributed by atoms with van der Waals surface area (Å²) < 4.78 is 1.89. The fourth-order valence-electron chi connectivity index (χ4n) is 2.54. The van der Waals surface area contributed by atoms with Crippen LogP contribution in [0.3, 0.4) is 0 Å². The highest BCUT2D eigenvalue weighted by Crippen LogP contribution is 2.22. The number of benzene rings is 2. The Bertz CT molecular complexity index is 791. The predicted molar refractivity (Wildman–Crippen MR) is 84.1 cm³/mol. The molecule has 2 nitrogen and oxygen atoms in total. The first kappa shape index (κ1) is 12.4. The van der Waals surface area contributed by atoms with Gasteiger partial charge in [-0.2, -0.15) is 0 Å². The molecule has 3 aromatic rings. The number of nitrogens with zero attached hydrogens (tertiary/aromatic N) is 1. The lowest BCUT2D eigenvalue weighted by Gasteiger charge is -2.12. The van der Waals surface area contributed by atoms with Crippen molar-refractivity contribution in [3.05, 3.63) is 58.9 Å². The minimum atomic E-state index is 0.107. The molecule has 0 amide bonds. The van der Waals surface area contributed by atoms with Gasteiger partial charge in [0, 0.05) is 22.6 Å². The number of alkyl halides is 1. The highest BCUT2D eigenvalue weighted by molar-refractivity contribution is 9.09. The predicted octanol–water partition coefficient (Wildman–Crippen LogP) is 3.94. The third kappa shape index (κ3) is 2.08. The van der Waals surface area contributed by atoms with Gasteiger partial charge < -0.3 is 4.57 Å². The van der Waals surface area contributed by atoms with E-state index in [1.807, 2.05) is 47.0 Å². The number of aromatic nitrogens is 1. The second-order valence-electron chi connectivity index (χ2n) is 4.56. The SMILES string of the molecule is O=c1c2ccccc2c2ccccc2n1CCCBr. The molecule has 1 aromatic heterocycles. The van der Waals surface area contributed by atoms with Gasteiger partial charge in [-0.15, -0.1) is 0 Å². The summed E-state index contributed by atoms with van der Waals surface area (Å²) >= 11 is 3.43. The first-order chi connectivity index (χ1) is 9.33. The van der Waals surface area contributed by atoms with Crippen molar-refractivity contribution in [1.82, 2.24) is 4.57 Å². The maximum atomic E-state index is 12.6. The summed E-state index contributed by atoms with van der Waals surface area (Å²) in [5, 5.41) is 3.89. The van der Waals surface area contributed by atoms with Crippen LogP contribution in [0.25, 0.3) is 21.7 Å². The van der Waals surface area contributed by atoms with Crippen LogP contribution in [0.4, 0.5) is 0 Å². The van der Waals surface area contributed by atoms with Gasteiger partial charge in [0.05, 0.1) is 5.52 Å². The Morgan fingerprint density at radius 3 is 2.26 bits per heavy atom. The van der Waals surface area contributed by atoms with Crippen molar-refractivity contribution in [2.75, 3.05) is 5.33 Å². The number of halogens is 1. The fourth-order valence-corrected chi connectivity index (χ4v) is 2.79. The Morgan fingerprint density at radius 2 is 1.53 bits per heavy atom. The third-order valence-electron chi connectivity index (χ3n) is 3.40. The van der Waals surface area contributed by atoms with Gasteiger partial charge in [0.2, 0.25) is 0 Å². The summed E-state index contributed by atoms with van der Waals surface area (Å²) in [5.41, 5.74) is 1.13. The number of para-hydroxylation sites is 1. The Balaban J connectivity index is 2.44. The molecule has 0 unspecified atom stereocenters. The molecule has 0 fully saturated rings. The van der Waals surface area contributed by atoms with Crippen LogP contribution >= 0.6 is 15.9 Å². The zero-order valence-electron chi connectivity index (χ0n) is 10.5.